The maximum absolute atomic E-state index is 11.2. The van der Waals surface area contributed by atoms with Gasteiger partial charge in [0, 0.05) is 32.7 Å². The summed E-state index contributed by atoms with van der Waals surface area (Å²) in [6, 6.07) is 0. The molecule has 0 aromatic carbocycles. The Hall–Kier alpha value is 0.924. The minimum atomic E-state index is -1.08. The van der Waals surface area contributed by atoms with Gasteiger partial charge >= 0.3 is 0 Å². The van der Waals surface area contributed by atoms with E-state index in [-0.39, 0.29) is 32.7 Å². The summed E-state index contributed by atoms with van der Waals surface area (Å²) in [5.41, 5.74) is 0. The fourth-order valence-corrected chi connectivity index (χ4v) is 0.0752. The standard InChI is InChI=1S/C3H5F2O.Y/c1-3(5)6-2-4;/h2H2,1H3;/q-1;. The van der Waals surface area contributed by atoms with Crippen molar-refractivity contribution in [3.63, 3.8) is 0 Å². The fourth-order valence-electron chi connectivity index (χ4n) is 0.0752. The third kappa shape index (κ3) is 10.9. The van der Waals surface area contributed by atoms with Gasteiger partial charge in [-0.3, -0.25) is 0 Å². The van der Waals surface area contributed by atoms with Crippen molar-refractivity contribution in [3.05, 3.63) is 6.36 Å². The van der Waals surface area contributed by atoms with Crippen LogP contribution in [0.25, 0.3) is 0 Å². The summed E-state index contributed by atoms with van der Waals surface area (Å²) in [4.78, 5) is 0. The number of hydrogen-bond donors (Lipinski definition) is 0. The average Bonchev–Trinajstić information content (AvgIpc) is 1.35. The van der Waals surface area contributed by atoms with E-state index in [4.69, 9.17) is 0 Å². The minimum Gasteiger partial charge on any atom is -0.493 e. The maximum Gasteiger partial charge on any atom is 0.162 e. The monoisotopic (exact) mass is 184 g/mol. The molecule has 0 aromatic heterocycles. The number of ether oxygens (including phenoxy) is 1. The second kappa shape index (κ2) is 6.92. The number of hydrogen-bond acceptors (Lipinski definition) is 1. The zero-order chi connectivity index (χ0) is 4.99. The molecule has 0 rings (SSSR count). The SMILES string of the molecule is C[C-](F)OCF.[Y]. The first-order valence-corrected chi connectivity index (χ1v) is 1.45. The zero-order valence-corrected chi connectivity index (χ0v) is 6.79. The first kappa shape index (κ1) is 10.8. The van der Waals surface area contributed by atoms with Crippen LogP contribution < -0.4 is 0 Å². The predicted molar refractivity (Wildman–Crippen MR) is 17.1 cm³/mol. The average molecular weight is 184 g/mol. The van der Waals surface area contributed by atoms with Gasteiger partial charge < -0.3 is 9.13 Å². The normalized spacial score (nSPS) is 8.57. The van der Waals surface area contributed by atoms with Crippen LogP contribution in [0.1, 0.15) is 6.92 Å². The minimum absolute atomic E-state index is 0. The van der Waals surface area contributed by atoms with Crippen LogP contribution in [-0.4, -0.2) is 6.86 Å². The summed E-state index contributed by atoms with van der Waals surface area (Å²) in [5, 5.41) is 0. The second-order valence-corrected chi connectivity index (χ2v) is 0.724. The molecule has 0 aliphatic heterocycles. The van der Waals surface area contributed by atoms with Crippen molar-refractivity contribution in [1.29, 1.82) is 0 Å². The molecule has 0 aliphatic rings. The van der Waals surface area contributed by atoms with Gasteiger partial charge in [-0.05, 0) is 6.36 Å². The van der Waals surface area contributed by atoms with Crippen LogP contribution >= 0.6 is 0 Å². The Morgan fingerprint density at radius 2 is 2.14 bits per heavy atom. The molecule has 1 nitrogen and oxygen atoms in total. The third-order valence-corrected chi connectivity index (χ3v) is 0.253. The van der Waals surface area contributed by atoms with Crippen LogP contribution in [0.2, 0.25) is 0 Å². The molecule has 0 fully saturated rings. The number of rotatable bonds is 2. The third-order valence-electron chi connectivity index (χ3n) is 0.253. The molecule has 0 bridgehead atoms. The molecule has 0 saturated heterocycles. The topological polar surface area (TPSA) is 9.23 Å². The molecule has 0 heterocycles. The summed E-state index contributed by atoms with van der Waals surface area (Å²) in [6.07, 6.45) is -0.836. The van der Waals surface area contributed by atoms with Crippen molar-refractivity contribution in [2.24, 2.45) is 0 Å². The molecule has 0 amide bonds. The molecule has 0 saturated carbocycles. The van der Waals surface area contributed by atoms with Gasteiger partial charge in [-0.2, -0.15) is 0 Å². The van der Waals surface area contributed by atoms with E-state index < -0.39 is 13.2 Å². The summed E-state index contributed by atoms with van der Waals surface area (Å²) >= 11 is 0. The van der Waals surface area contributed by atoms with Crippen molar-refractivity contribution < 1.29 is 46.2 Å². The summed E-state index contributed by atoms with van der Waals surface area (Å²) < 4.78 is 25.5. The Balaban J connectivity index is 0. The molecule has 41 valence electrons. The summed E-state index contributed by atoms with van der Waals surface area (Å²) in [5.74, 6) is 0. The molecule has 0 spiro atoms. The van der Waals surface area contributed by atoms with Gasteiger partial charge in [-0.25, -0.2) is 4.39 Å². The van der Waals surface area contributed by atoms with Crippen LogP contribution in [-0.2, 0) is 37.4 Å². The van der Waals surface area contributed by atoms with E-state index in [1.54, 1.807) is 0 Å². The van der Waals surface area contributed by atoms with Gasteiger partial charge in [0.1, 0.15) is 0 Å². The zero-order valence-electron chi connectivity index (χ0n) is 3.95. The van der Waals surface area contributed by atoms with E-state index in [2.05, 4.69) is 4.74 Å². The van der Waals surface area contributed by atoms with Gasteiger partial charge in [0.25, 0.3) is 0 Å². The molecule has 0 N–H and O–H groups in total. The Kier molecular flexibility index (Phi) is 10.7. The van der Waals surface area contributed by atoms with Crippen molar-refractivity contribution in [1.82, 2.24) is 0 Å². The van der Waals surface area contributed by atoms with Crippen molar-refractivity contribution in [2.45, 2.75) is 6.92 Å². The number of alkyl halides is 1. The predicted octanol–water partition coefficient (Wildman–Crippen LogP) is 1.41. The number of halogens is 2. The first-order valence-electron chi connectivity index (χ1n) is 1.45. The Morgan fingerprint density at radius 1 is 1.71 bits per heavy atom. The smallest absolute Gasteiger partial charge is 0.162 e. The molecule has 0 aromatic rings. The van der Waals surface area contributed by atoms with Crippen molar-refractivity contribution >= 4 is 0 Å². The summed E-state index contributed by atoms with van der Waals surface area (Å²) in [7, 11) is 0. The molecular weight excluding hydrogens is 179 g/mol. The van der Waals surface area contributed by atoms with Crippen molar-refractivity contribution in [3.8, 4) is 0 Å². The van der Waals surface area contributed by atoms with Crippen LogP contribution in [0.15, 0.2) is 0 Å². The molecule has 7 heavy (non-hydrogen) atoms. The molecular formula is C3H5F2OY-. The van der Waals surface area contributed by atoms with Crippen molar-refractivity contribution in [2.75, 3.05) is 6.86 Å². The molecule has 0 unspecified atom stereocenters. The van der Waals surface area contributed by atoms with E-state index in [1.807, 2.05) is 0 Å². The van der Waals surface area contributed by atoms with E-state index >= 15 is 0 Å². The Labute approximate surface area is 66.3 Å². The van der Waals surface area contributed by atoms with Gasteiger partial charge in [-0.1, -0.05) is 0 Å². The first-order chi connectivity index (χ1) is 2.77. The fraction of sp³-hybridized carbons (Fsp3) is 0.667. The van der Waals surface area contributed by atoms with Gasteiger partial charge in [0.05, 0.1) is 0 Å². The van der Waals surface area contributed by atoms with Gasteiger partial charge in [0.15, 0.2) is 6.86 Å². The largest absolute Gasteiger partial charge is 0.493 e. The van der Waals surface area contributed by atoms with Crippen LogP contribution in [0.3, 0.4) is 0 Å². The van der Waals surface area contributed by atoms with Crippen LogP contribution in [0.5, 0.6) is 0 Å². The Bertz CT molecular complexity index is 34.1. The Morgan fingerprint density at radius 3 is 2.14 bits per heavy atom. The van der Waals surface area contributed by atoms with Crippen LogP contribution in [0, 0.1) is 6.36 Å². The van der Waals surface area contributed by atoms with E-state index in [0.717, 1.165) is 6.92 Å². The summed E-state index contributed by atoms with van der Waals surface area (Å²) in [6.45, 7) is -0.0398. The second-order valence-electron chi connectivity index (χ2n) is 0.724. The maximum atomic E-state index is 11.2. The van der Waals surface area contributed by atoms with E-state index in [0.29, 0.717) is 0 Å². The van der Waals surface area contributed by atoms with Gasteiger partial charge in [0.2, 0.25) is 0 Å². The van der Waals surface area contributed by atoms with E-state index in [1.165, 1.54) is 0 Å². The van der Waals surface area contributed by atoms with E-state index in [9.17, 15) is 8.78 Å². The molecule has 1 radical (unpaired) electrons. The van der Waals surface area contributed by atoms with Gasteiger partial charge in [-0.15, -0.1) is 6.92 Å². The molecule has 0 atom stereocenters. The quantitative estimate of drug-likeness (QED) is 0.589. The molecule has 0 aliphatic carbocycles. The molecule has 4 heteroatoms. The van der Waals surface area contributed by atoms with Crippen LogP contribution in [0.4, 0.5) is 8.78 Å².